The summed E-state index contributed by atoms with van der Waals surface area (Å²) in [5.74, 6) is 0.744. The Balaban J connectivity index is 2.16. The van der Waals surface area contributed by atoms with Crippen molar-refractivity contribution in [3.05, 3.63) is 0 Å². The van der Waals surface area contributed by atoms with Crippen LogP contribution in [-0.2, 0) is 4.74 Å². The van der Waals surface area contributed by atoms with Crippen molar-refractivity contribution in [2.45, 2.75) is 84.3 Å². The van der Waals surface area contributed by atoms with Crippen LogP contribution in [0, 0.1) is 16.7 Å². The van der Waals surface area contributed by atoms with Crippen LogP contribution in [0.3, 0.4) is 0 Å². The van der Waals surface area contributed by atoms with E-state index in [1.807, 2.05) is 0 Å². The second-order valence-corrected chi connectivity index (χ2v) is 9.19. The van der Waals surface area contributed by atoms with Gasteiger partial charge in [0, 0.05) is 24.8 Å². The molecule has 3 nitrogen and oxygen atoms in total. The van der Waals surface area contributed by atoms with E-state index in [4.69, 9.17) is 10.5 Å². The lowest BCUT2D eigenvalue weighted by Crippen LogP contribution is -2.60. The number of aliphatic hydroxyl groups is 1. The third-order valence-electron chi connectivity index (χ3n) is 6.27. The van der Waals surface area contributed by atoms with Gasteiger partial charge in [-0.3, -0.25) is 0 Å². The van der Waals surface area contributed by atoms with Gasteiger partial charge in [0.25, 0.3) is 0 Å². The number of hydrogen-bond acceptors (Lipinski definition) is 3. The lowest BCUT2D eigenvalue weighted by Gasteiger charge is -2.56. The Morgan fingerprint density at radius 3 is 2.14 bits per heavy atom. The fourth-order valence-corrected chi connectivity index (χ4v) is 4.69. The first-order valence-corrected chi connectivity index (χ1v) is 8.60. The molecule has 21 heavy (non-hydrogen) atoms. The molecule has 0 aromatic rings. The molecule has 2 rings (SSSR count). The Morgan fingerprint density at radius 2 is 1.71 bits per heavy atom. The normalized spacial score (nSPS) is 41.0. The second kappa shape index (κ2) is 5.50. The molecule has 1 unspecified atom stereocenters. The quantitative estimate of drug-likeness (QED) is 0.820. The Morgan fingerprint density at radius 1 is 1.14 bits per heavy atom. The third-order valence-corrected chi connectivity index (χ3v) is 6.27. The molecule has 1 aliphatic carbocycles. The van der Waals surface area contributed by atoms with E-state index in [0.717, 1.165) is 25.2 Å². The predicted molar refractivity (Wildman–Crippen MR) is 87.1 cm³/mol. The highest BCUT2D eigenvalue weighted by molar-refractivity contribution is 5.06. The third kappa shape index (κ3) is 3.30. The highest BCUT2D eigenvalue weighted by atomic mass is 16.5. The van der Waals surface area contributed by atoms with Gasteiger partial charge in [-0.2, -0.15) is 0 Å². The summed E-state index contributed by atoms with van der Waals surface area (Å²) in [7, 11) is 0. The van der Waals surface area contributed by atoms with E-state index in [1.54, 1.807) is 0 Å². The minimum atomic E-state index is -0.660. The zero-order valence-electron chi connectivity index (χ0n) is 14.7. The lowest BCUT2D eigenvalue weighted by molar-refractivity contribution is -0.204. The summed E-state index contributed by atoms with van der Waals surface area (Å²) in [6.45, 7) is 12.4. The van der Waals surface area contributed by atoms with Crippen molar-refractivity contribution in [2.24, 2.45) is 22.5 Å². The van der Waals surface area contributed by atoms with Crippen LogP contribution >= 0.6 is 0 Å². The van der Waals surface area contributed by atoms with Crippen LogP contribution in [0.1, 0.15) is 73.1 Å². The summed E-state index contributed by atoms with van der Waals surface area (Å²) < 4.78 is 5.82. The molecule has 0 aromatic heterocycles. The van der Waals surface area contributed by atoms with E-state index in [9.17, 15) is 5.11 Å². The van der Waals surface area contributed by atoms with Crippen LogP contribution in [0.2, 0.25) is 0 Å². The zero-order valence-corrected chi connectivity index (χ0v) is 14.7. The van der Waals surface area contributed by atoms with Crippen molar-refractivity contribution in [3.63, 3.8) is 0 Å². The summed E-state index contributed by atoms with van der Waals surface area (Å²) in [6, 6.07) is 0. The number of nitrogens with two attached hydrogens (primary N) is 1. The summed E-state index contributed by atoms with van der Waals surface area (Å²) in [6.07, 6.45) is 5.91. The van der Waals surface area contributed by atoms with E-state index in [0.29, 0.717) is 25.0 Å². The molecule has 0 aromatic carbocycles. The van der Waals surface area contributed by atoms with E-state index >= 15 is 0 Å². The molecule has 1 atom stereocenters. The van der Waals surface area contributed by atoms with E-state index in [-0.39, 0.29) is 11.0 Å². The molecule has 2 fully saturated rings. The van der Waals surface area contributed by atoms with Crippen LogP contribution in [-0.4, -0.2) is 29.5 Å². The summed E-state index contributed by atoms with van der Waals surface area (Å²) in [4.78, 5) is 0. The molecule has 1 heterocycles. The maximum absolute atomic E-state index is 11.4. The monoisotopic (exact) mass is 297 g/mol. The van der Waals surface area contributed by atoms with Gasteiger partial charge in [0.05, 0.1) is 17.8 Å². The maximum atomic E-state index is 11.4. The van der Waals surface area contributed by atoms with Gasteiger partial charge in [0.2, 0.25) is 0 Å². The SMILES string of the molecule is CC1(C)CC(O)(C2(CN)CCC(C(C)(C)C)CC2)CCO1. The summed E-state index contributed by atoms with van der Waals surface area (Å²) >= 11 is 0. The van der Waals surface area contributed by atoms with Gasteiger partial charge in [-0.25, -0.2) is 0 Å². The van der Waals surface area contributed by atoms with Crippen molar-refractivity contribution >= 4 is 0 Å². The fourth-order valence-electron chi connectivity index (χ4n) is 4.69. The molecule has 0 amide bonds. The topological polar surface area (TPSA) is 55.5 Å². The van der Waals surface area contributed by atoms with E-state index in [2.05, 4.69) is 34.6 Å². The molecule has 0 radical (unpaired) electrons. The number of hydrogen-bond donors (Lipinski definition) is 2. The molecule has 1 aliphatic heterocycles. The fraction of sp³-hybridized carbons (Fsp3) is 1.00. The van der Waals surface area contributed by atoms with Crippen molar-refractivity contribution in [3.8, 4) is 0 Å². The average molecular weight is 297 g/mol. The van der Waals surface area contributed by atoms with Gasteiger partial charge in [-0.1, -0.05) is 20.8 Å². The largest absolute Gasteiger partial charge is 0.389 e. The van der Waals surface area contributed by atoms with E-state index < -0.39 is 5.60 Å². The van der Waals surface area contributed by atoms with Crippen LogP contribution in [0.15, 0.2) is 0 Å². The first kappa shape index (κ1) is 17.2. The van der Waals surface area contributed by atoms with Crippen LogP contribution in [0.5, 0.6) is 0 Å². The standard InChI is InChI=1S/C18H35NO2/c1-15(2,3)14-6-8-17(13-19,9-7-14)18(20)10-11-21-16(4,5)12-18/h14,20H,6-13,19H2,1-5H3. The van der Waals surface area contributed by atoms with Gasteiger partial charge in [0.1, 0.15) is 0 Å². The van der Waals surface area contributed by atoms with Crippen molar-refractivity contribution in [2.75, 3.05) is 13.2 Å². The Kier molecular flexibility index (Phi) is 4.52. The van der Waals surface area contributed by atoms with Gasteiger partial charge >= 0.3 is 0 Å². The van der Waals surface area contributed by atoms with Crippen molar-refractivity contribution in [1.82, 2.24) is 0 Å². The van der Waals surface area contributed by atoms with Crippen LogP contribution in [0.4, 0.5) is 0 Å². The molecular formula is C18H35NO2. The Labute approximate surface area is 130 Å². The molecule has 124 valence electrons. The smallest absolute Gasteiger partial charge is 0.0764 e. The second-order valence-electron chi connectivity index (χ2n) is 9.19. The average Bonchev–Trinajstić information content (AvgIpc) is 2.36. The molecule has 1 saturated carbocycles. The first-order chi connectivity index (χ1) is 9.54. The van der Waals surface area contributed by atoms with Gasteiger partial charge in [-0.05, 0) is 50.9 Å². The van der Waals surface area contributed by atoms with Crippen molar-refractivity contribution in [1.29, 1.82) is 0 Å². The van der Waals surface area contributed by atoms with Gasteiger partial charge in [-0.15, -0.1) is 0 Å². The van der Waals surface area contributed by atoms with Crippen LogP contribution in [0.25, 0.3) is 0 Å². The van der Waals surface area contributed by atoms with E-state index in [1.165, 1.54) is 12.8 Å². The van der Waals surface area contributed by atoms with Crippen LogP contribution < -0.4 is 5.73 Å². The highest BCUT2D eigenvalue weighted by Gasteiger charge is 2.55. The number of rotatable bonds is 2. The van der Waals surface area contributed by atoms with Gasteiger partial charge < -0.3 is 15.6 Å². The minimum Gasteiger partial charge on any atom is -0.389 e. The predicted octanol–water partition coefficient (Wildman–Crippen LogP) is 3.49. The summed E-state index contributed by atoms with van der Waals surface area (Å²) in [5, 5.41) is 11.4. The molecule has 1 saturated heterocycles. The van der Waals surface area contributed by atoms with Crippen molar-refractivity contribution < 1.29 is 9.84 Å². The van der Waals surface area contributed by atoms with Gasteiger partial charge in [0.15, 0.2) is 0 Å². The molecule has 3 heteroatoms. The number of ether oxygens (including phenoxy) is 1. The minimum absolute atomic E-state index is 0.115. The molecular weight excluding hydrogens is 262 g/mol. The molecule has 0 spiro atoms. The molecule has 0 bridgehead atoms. The lowest BCUT2D eigenvalue weighted by atomic mass is 9.55. The maximum Gasteiger partial charge on any atom is 0.0764 e. The summed E-state index contributed by atoms with van der Waals surface area (Å²) in [5.41, 5.74) is 5.54. The molecule has 3 N–H and O–H groups in total. The first-order valence-electron chi connectivity index (χ1n) is 8.60. The Hall–Kier alpha value is -0.120. The molecule has 2 aliphatic rings. The highest BCUT2D eigenvalue weighted by Crippen LogP contribution is 2.54. The Bertz CT molecular complexity index is 364. The zero-order chi connectivity index (χ0) is 15.9.